The fourth-order valence-electron chi connectivity index (χ4n) is 1.57. The summed E-state index contributed by atoms with van der Waals surface area (Å²) >= 11 is 5.74. The van der Waals surface area contributed by atoms with Crippen molar-refractivity contribution in [2.24, 2.45) is 0 Å². The predicted octanol–water partition coefficient (Wildman–Crippen LogP) is 4.51. The van der Waals surface area contributed by atoms with E-state index in [2.05, 4.69) is 5.32 Å². The third-order valence-electron chi connectivity index (χ3n) is 2.47. The van der Waals surface area contributed by atoms with Gasteiger partial charge in [-0.25, -0.2) is 17.6 Å². The van der Waals surface area contributed by atoms with Crippen LogP contribution in [0.1, 0.15) is 5.56 Å². The number of nitrogens with one attached hydrogen (secondary N) is 1. The molecule has 0 aliphatic rings. The third-order valence-corrected chi connectivity index (χ3v) is 2.71. The lowest BCUT2D eigenvalue weighted by Gasteiger charge is -2.10. The van der Waals surface area contributed by atoms with Crippen molar-refractivity contribution in [2.45, 2.75) is 6.54 Å². The zero-order chi connectivity index (χ0) is 14.0. The molecule has 1 nitrogen and oxygen atoms in total. The van der Waals surface area contributed by atoms with Crippen LogP contribution in [0.2, 0.25) is 5.02 Å². The fraction of sp³-hybridized carbons (Fsp3) is 0.0769. The highest BCUT2D eigenvalue weighted by Crippen LogP contribution is 2.24. The van der Waals surface area contributed by atoms with Gasteiger partial charge in [0.1, 0.15) is 5.69 Å². The molecule has 2 aromatic carbocycles. The standard InChI is InChI=1S/C13H8ClF4N/c14-8-3-1-2-7(4-8)6-19-13-11(17)9(15)5-10(16)12(13)18/h1-5,19H,6H2. The molecule has 0 unspecified atom stereocenters. The molecular weight excluding hydrogens is 282 g/mol. The highest BCUT2D eigenvalue weighted by molar-refractivity contribution is 6.30. The second kappa shape index (κ2) is 5.48. The smallest absolute Gasteiger partial charge is 0.185 e. The first-order valence-corrected chi connectivity index (χ1v) is 5.68. The monoisotopic (exact) mass is 289 g/mol. The lowest BCUT2D eigenvalue weighted by Crippen LogP contribution is -2.07. The summed E-state index contributed by atoms with van der Waals surface area (Å²) in [5.74, 6) is -5.82. The van der Waals surface area contributed by atoms with Gasteiger partial charge in [0.2, 0.25) is 0 Å². The van der Waals surface area contributed by atoms with E-state index in [-0.39, 0.29) is 12.6 Å². The van der Waals surface area contributed by atoms with E-state index in [1.54, 1.807) is 24.3 Å². The maximum atomic E-state index is 13.4. The Bertz CT molecular complexity index is 590. The van der Waals surface area contributed by atoms with E-state index in [4.69, 9.17) is 11.6 Å². The van der Waals surface area contributed by atoms with Crippen molar-refractivity contribution in [1.29, 1.82) is 0 Å². The molecule has 0 spiro atoms. The molecule has 0 heterocycles. The molecule has 0 saturated carbocycles. The van der Waals surface area contributed by atoms with Crippen molar-refractivity contribution in [1.82, 2.24) is 0 Å². The van der Waals surface area contributed by atoms with Crippen molar-refractivity contribution in [3.63, 3.8) is 0 Å². The topological polar surface area (TPSA) is 12.0 Å². The van der Waals surface area contributed by atoms with Gasteiger partial charge in [0, 0.05) is 17.6 Å². The molecule has 0 atom stereocenters. The van der Waals surface area contributed by atoms with E-state index in [1.807, 2.05) is 0 Å². The zero-order valence-corrected chi connectivity index (χ0v) is 10.2. The molecule has 0 amide bonds. The molecular formula is C13H8ClF4N. The van der Waals surface area contributed by atoms with Gasteiger partial charge >= 0.3 is 0 Å². The van der Waals surface area contributed by atoms with Gasteiger partial charge in [-0.2, -0.15) is 0 Å². The van der Waals surface area contributed by atoms with Crippen molar-refractivity contribution in [3.05, 3.63) is 64.2 Å². The molecule has 0 aliphatic heterocycles. The highest BCUT2D eigenvalue weighted by Gasteiger charge is 2.18. The molecule has 6 heteroatoms. The number of hydrogen-bond acceptors (Lipinski definition) is 1. The predicted molar refractivity (Wildman–Crippen MR) is 65.1 cm³/mol. The molecule has 0 bridgehead atoms. The van der Waals surface area contributed by atoms with E-state index in [1.165, 1.54) is 0 Å². The summed E-state index contributed by atoms with van der Waals surface area (Å²) in [7, 11) is 0. The first kappa shape index (κ1) is 13.7. The van der Waals surface area contributed by atoms with Gasteiger partial charge in [-0.1, -0.05) is 23.7 Å². The third kappa shape index (κ3) is 2.98. The molecule has 0 aromatic heterocycles. The molecule has 1 N–H and O–H groups in total. The Hall–Kier alpha value is -1.75. The maximum absolute atomic E-state index is 13.4. The van der Waals surface area contributed by atoms with Gasteiger partial charge in [0.25, 0.3) is 0 Å². The van der Waals surface area contributed by atoms with Crippen LogP contribution in [0.25, 0.3) is 0 Å². The lowest BCUT2D eigenvalue weighted by molar-refractivity contribution is 0.458. The molecule has 2 aromatic rings. The van der Waals surface area contributed by atoms with E-state index in [9.17, 15) is 17.6 Å². The Kier molecular flexibility index (Phi) is 3.95. The van der Waals surface area contributed by atoms with Gasteiger partial charge in [0.05, 0.1) is 0 Å². The normalized spacial score (nSPS) is 10.6. The van der Waals surface area contributed by atoms with E-state index in [0.717, 1.165) is 0 Å². The van der Waals surface area contributed by atoms with Crippen molar-refractivity contribution in [3.8, 4) is 0 Å². The number of benzene rings is 2. The first-order chi connectivity index (χ1) is 8.99. The molecule has 0 saturated heterocycles. The van der Waals surface area contributed by atoms with Gasteiger partial charge in [-0.15, -0.1) is 0 Å². The largest absolute Gasteiger partial charge is 0.376 e. The van der Waals surface area contributed by atoms with Crippen LogP contribution < -0.4 is 5.32 Å². The van der Waals surface area contributed by atoms with Gasteiger partial charge in [0.15, 0.2) is 23.3 Å². The lowest BCUT2D eigenvalue weighted by atomic mass is 10.2. The van der Waals surface area contributed by atoms with Gasteiger partial charge in [-0.3, -0.25) is 0 Å². The average molecular weight is 290 g/mol. The Morgan fingerprint density at radius 1 is 0.947 bits per heavy atom. The highest BCUT2D eigenvalue weighted by atomic mass is 35.5. The summed E-state index contributed by atoms with van der Waals surface area (Å²) in [6.07, 6.45) is 0. The molecule has 2 rings (SSSR count). The minimum absolute atomic E-state index is 0.0166. The summed E-state index contributed by atoms with van der Waals surface area (Å²) in [5, 5.41) is 2.77. The number of hydrogen-bond donors (Lipinski definition) is 1. The van der Waals surface area contributed by atoms with E-state index < -0.39 is 29.0 Å². The number of rotatable bonds is 3. The minimum atomic E-state index is -1.46. The summed E-state index contributed by atoms with van der Waals surface area (Å²) < 4.78 is 52.6. The first-order valence-electron chi connectivity index (χ1n) is 5.30. The average Bonchev–Trinajstić information content (AvgIpc) is 2.36. The Morgan fingerprint density at radius 3 is 2.16 bits per heavy atom. The van der Waals surface area contributed by atoms with Gasteiger partial charge in [-0.05, 0) is 17.7 Å². The van der Waals surface area contributed by atoms with Crippen LogP contribution in [0, 0.1) is 23.3 Å². The van der Waals surface area contributed by atoms with Crippen molar-refractivity contribution in [2.75, 3.05) is 5.32 Å². The quantitative estimate of drug-likeness (QED) is 0.647. The molecule has 0 aliphatic carbocycles. The summed E-state index contributed by atoms with van der Waals surface area (Å²) in [6, 6.07) is 6.67. The zero-order valence-electron chi connectivity index (χ0n) is 9.48. The maximum Gasteiger partial charge on any atom is 0.185 e. The molecule has 0 fully saturated rings. The van der Waals surface area contributed by atoms with Crippen LogP contribution in [0.5, 0.6) is 0 Å². The van der Waals surface area contributed by atoms with Crippen LogP contribution in [0.3, 0.4) is 0 Å². The Morgan fingerprint density at radius 2 is 1.58 bits per heavy atom. The van der Waals surface area contributed by atoms with Crippen LogP contribution in [-0.2, 0) is 6.54 Å². The summed E-state index contributed by atoms with van der Waals surface area (Å²) in [4.78, 5) is 0. The van der Waals surface area contributed by atoms with Gasteiger partial charge < -0.3 is 5.32 Å². The van der Waals surface area contributed by atoms with Crippen LogP contribution in [-0.4, -0.2) is 0 Å². The summed E-state index contributed by atoms with van der Waals surface area (Å²) in [5.41, 5.74) is -0.214. The second-order valence-electron chi connectivity index (χ2n) is 3.83. The second-order valence-corrected chi connectivity index (χ2v) is 4.26. The summed E-state index contributed by atoms with van der Waals surface area (Å²) in [6.45, 7) is -0.0166. The Balaban J connectivity index is 2.25. The molecule has 100 valence electrons. The van der Waals surface area contributed by atoms with E-state index >= 15 is 0 Å². The number of halogens is 5. The van der Waals surface area contributed by atoms with Crippen LogP contribution >= 0.6 is 11.6 Å². The molecule has 0 radical (unpaired) electrons. The Labute approximate surface area is 111 Å². The minimum Gasteiger partial charge on any atom is -0.376 e. The SMILES string of the molecule is Fc1cc(F)c(F)c(NCc2cccc(Cl)c2)c1F. The molecule has 19 heavy (non-hydrogen) atoms. The van der Waals surface area contributed by atoms with Crippen LogP contribution in [0.4, 0.5) is 23.2 Å². The van der Waals surface area contributed by atoms with Crippen molar-refractivity contribution < 1.29 is 17.6 Å². The van der Waals surface area contributed by atoms with E-state index in [0.29, 0.717) is 10.6 Å². The fourth-order valence-corrected chi connectivity index (χ4v) is 1.78. The van der Waals surface area contributed by atoms with Crippen LogP contribution in [0.15, 0.2) is 30.3 Å². The number of anilines is 1. The van der Waals surface area contributed by atoms with Crippen molar-refractivity contribution >= 4 is 17.3 Å².